The van der Waals surface area contributed by atoms with Crippen molar-refractivity contribution in [2.45, 2.75) is 13.3 Å². The standard InChI is InChI=1S/C16H13NO2/c1-11-2-4-12(5-3-11)8-15(18)13-6-7-16-14(9-13)17-10-19-16/h2-7,9-10H,8H2,1H3. The fourth-order valence-electron chi connectivity index (χ4n) is 2.02. The first-order chi connectivity index (χ1) is 9.22. The maximum atomic E-state index is 12.2. The van der Waals surface area contributed by atoms with Gasteiger partial charge in [-0.25, -0.2) is 4.98 Å². The third-order valence-electron chi connectivity index (χ3n) is 3.14. The smallest absolute Gasteiger partial charge is 0.181 e. The molecule has 0 bridgehead atoms. The summed E-state index contributed by atoms with van der Waals surface area (Å²) < 4.78 is 5.16. The summed E-state index contributed by atoms with van der Waals surface area (Å²) in [6.45, 7) is 2.03. The number of Topliss-reactive ketones (excluding diaryl/α,β-unsaturated/α-hetero) is 1. The number of ketones is 1. The van der Waals surface area contributed by atoms with Crippen molar-refractivity contribution in [1.29, 1.82) is 0 Å². The molecule has 1 heterocycles. The number of aryl methyl sites for hydroxylation is 1. The molecular formula is C16H13NO2. The maximum absolute atomic E-state index is 12.2. The summed E-state index contributed by atoms with van der Waals surface area (Å²) >= 11 is 0. The van der Waals surface area contributed by atoms with E-state index in [4.69, 9.17) is 4.42 Å². The van der Waals surface area contributed by atoms with Gasteiger partial charge in [-0.05, 0) is 30.7 Å². The van der Waals surface area contributed by atoms with E-state index >= 15 is 0 Å². The highest BCUT2D eigenvalue weighted by Gasteiger charge is 2.09. The summed E-state index contributed by atoms with van der Waals surface area (Å²) in [5.74, 6) is 0.0914. The third-order valence-corrected chi connectivity index (χ3v) is 3.14. The summed E-state index contributed by atoms with van der Waals surface area (Å²) in [7, 11) is 0. The molecule has 94 valence electrons. The highest BCUT2D eigenvalue weighted by molar-refractivity contribution is 5.99. The van der Waals surface area contributed by atoms with Crippen LogP contribution >= 0.6 is 0 Å². The van der Waals surface area contributed by atoms with Gasteiger partial charge < -0.3 is 4.42 Å². The number of hydrogen-bond acceptors (Lipinski definition) is 3. The lowest BCUT2D eigenvalue weighted by Gasteiger charge is -2.02. The van der Waals surface area contributed by atoms with Crippen LogP contribution in [0.1, 0.15) is 21.5 Å². The van der Waals surface area contributed by atoms with Crippen LogP contribution in [0, 0.1) is 6.92 Å². The molecule has 3 aromatic rings. The van der Waals surface area contributed by atoms with Gasteiger partial charge in [-0.15, -0.1) is 0 Å². The Kier molecular flexibility index (Phi) is 2.88. The predicted octanol–water partition coefficient (Wildman–Crippen LogP) is 3.56. The number of oxazole rings is 1. The second-order valence-electron chi connectivity index (χ2n) is 4.62. The van der Waals surface area contributed by atoms with Crippen LogP contribution in [-0.4, -0.2) is 10.8 Å². The SMILES string of the molecule is Cc1ccc(CC(=O)c2ccc3ocnc3c2)cc1. The lowest BCUT2D eigenvalue weighted by Crippen LogP contribution is -2.03. The van der Waals surface area contributed by atoms with Gasteiger partial charge in [-0.3, -0.25) is 4.79 Å². The molecular weight excluding hydrogens is 238 g/mol. The zero-order chi connectivity index (χ0) is 13.2. The first-order valence-electron chi connectivity index (χ1n) is 6.14. The first kappa shape index (κ1) is 11.7. The van der Waals surface area contributed by atoms with Crippen molar-refractivity contribution in [3.8, 4) is 0 Å². The van der Waals surface area contributed by atoms with Crippen LogP contribution in [0.2, 0.25) is 0 Å². The van der Waals surface area contributed by atoms with Crippen molar-refractivity contribution in [3.63, 3.8) is 0 Å². The average molecular weight is 251 g/mol. The zero-order valence-electron chi connectivity index (χ0n) is 10.6. The van der Waals surface area contributed by atoms with E-state index in [0.29, 0.717) is 17.6 Å². The normalized spacial score (nSPS) is 10.8. The van der Waals surface area contributed by atoms with Crippen LogP contribution in [0.25, 0.3) is 11.1 Å². The molecule has 0 unspecified atom stereocenters. The summed E-state index contributed by atoms with van der Waals surface area (Å²) in [4.78, 5) is 16.3. The summed E-state index contributed by atoms with van der Waals surface area (Å²) in [5.41, 5.74) is 4.31. The van der Waals surface area contributed by atoms with Gasteiger partial charge in [0.15, 0.2) is 17.8 Å². The number of rotatable bonds is 3. The molecule has 19 heavy (non-hydrogen) atoms. The number of aromatic nitrogens is 1. The van der Waals surface area contributed by atoms with Crippen LogP contribution in [0.15, 0.2) is 53.3 Å². The molecule has 2 aromatic carbocycles. The Hall–Kier alpha value is -2.42. The number of hydrogen-bond donors (Lipinski definition) is 0. The van der Waals surface area contributed by atoms with E-state index < -0.39 is 0 Å². The van der Waals surface area contributed by atoms with Crippen LogP contribution in [0.3, 0.4) is 0 Å². The molecule has 1 aromatic heterocycles. The Morgan fingerprint density at radius 1 is 1.16 bits per heavy atom. The largest absolute Gasteiger partial charge is 0.443 e. The van der Waals surface area contributed by atoms with Crippen LogP contribution in [0.4, 0.5) is 0 Å². The van der Waals surface area contributed by atoms with E-state index in [0.717, 1.165) is 11.1 Å². The Morgan fingerprint density at radius 3 is 2.74 bits per heavy atom. The fraction of sp³-hybridized carbons (Fsp3) is 0.125. The molecule has 3 nitrogen and oxygen atoms in total. The minimum Gasteiger partial charge on any atom is -0.443 e. The Bertz CT molecular complexity index is 726. The Morgan fingerprint density at radius 2 is 1.95 bits per heavy atom. The van der Waals surface area contributed by atoms with E-state index in [1.54, 1.807) is 18.2 Å². The number of carbonyl (C=O) groups is 1. The summed E-state index contributed by atoms with van der Waals surface area (Å²) in [6.07, 6.45) is 1.79. The van der Waals surface area contributed by atoms with Crippen molar-refractivity contribution in [3.05, 3.63) is 65.5 Å². The highest BCUT2D eigenvalue weighted by Crippen LogP contribution is 2.16. The number of benzene rings is 2. The monoisotopic (exact) mass is 251 g/mol. The lowest BCUT2D eigenvalue weighted by atomic mass is 10.0. The Labute approximate surface area is 110 Å². The van der Waals surface area contributed by atoms with Crippen LogP contribution in [0.5, 0.6) is 0 Å². The minimum absolute atomic E-state index is 0.0914. The molecule has 0 amide bonds. The van der Waals surface area contributed by atoms with Crippen LogP contribution in [-0.2, 0) is 6.42 Å². The number of nitrogens with zero attached hydrogens (tertiary/aromatic N) is 1. The molecule has 0 aliphatic heterocycles. The highest BCUT2D eigenvalue weighted by atomic mass is 16.3. The van der Waals surface area contributed by atoms with E-state index in [1.165, 1.54) is 12.0 Å². The molecule has 0 N–H and O–H groups in total. The van der Waals surface area contributed by atoms with Gasteiger partial charge in [0.05, 0.1) is 0 Å². The summed E-state index contributed by atoms with van der Waals surface area (Å²) in [6, 6.07) is 13.3. The zero-order valence-corrected chi connectivity index (χ0v) is 10.6. The molecule has 0 spiro atoms. The topological polar surface area (TPSA) is 43.1 Å². The molecule has 0 radical (unpaired) electrons. The molecule has 3 heteroatoms. The van der Waals surface area contributed by atoms with E-state index in [2.05, 4.69) is 4.98 Å². The summed E-state index contributed by atoms with van der Waals surface area (Å²) in [5, 5.41) is 0. The Balaban J connectivity index is 1.84. The lowest BCUT2D eigenvalue weighted by molar-refractivity contribution is 0.0993. The maximum Gasteiger partial charge on any atom is 0.181 e. The third kappa shape index (κ3) is 2.40. The minimum atomic E-state index is 0.0914. The molecule has 3 rings (SSSR count). The molecule has 0 atom stereocenters. The van der Waals surface area contributed by atoms with Gasteiger partial charge in [0.25, 0.3) is 0 Å². The second kappa shape index (κ2) is 4.69. The van der Waals surface area contributed by atoms with E-state index in [9.17, 15) is 4.79 Å². The second-order valence-corrected chi connectivity index (χ2v) is 4.62. The molecule has 0 aliphatic rings. The van der Waals surface area contributed by atoms with Crippen molar-refractivity contribution in [2.75, 3.05) is 0 Å². The average Bonchev–Trinajstić information content (AvgIpc) is 2.88. The molecule has 0 fully saturated rings. The predicted molar refractivity (Wildman–Crippen MR) is 73.2 cm³/mol. The van der Waals surface area contributed by atoms with Gasteiger partial charge >= 0.3 is 0 Å². The van der Waals surface area contributed by atoms with E-state index in [1.807, 2.05) is 31.2 Å². The van der Waals surface area contributed by atoms with Gasteiger partial charge in [-0.1, -0.05) is 29.8 Å². The number of carbonyl (C=O) groups excluding carboxylic acids is 1. The quantitative estimate of drug-likeness (QED) is 0.668. The van der Waals surface area contributed by atoms with Gasteiger partial charge in [0, 0.05) is 12.0 Å². The van der Waals surface area contributed by atoms with Crippen molar-refractivity contribution >= 4 is 16.9 Å². The van der Waals surface area contributed by atoms with Crippen molar-refractivity contribution < 1.29 is 9.21 Å². The first-order valence-corrected chi connectivity index (χ1v) is 6.14. The van der Waals surface area contributed by atoms with Gasteiger partial charge in [-0.2, -0.15) is 0 Å². The molecule has 0 aliphatic carbocycles. The molecule has 0 saturated carbocycles. The fourth-order valence-corrected chi connectivity index (χ4v) is 2.02. The van der Waals surface area contributed by atoms with E-state index in [-0.39, 0.29) is 5.78 Å². The van der Waals surface area contributed by atoms with Crippen LogP contribution < -0.4 is 0 Å². The van der Waals surface area contributed by atoms with Gasteiger partial charge in [0.2, 0.25) is 0 Å². The molecule has 0 saturated heterocycles. The number of fused-ring (bicyclic) bond motifs is 1. The van der Waals surface area contributed by atoms with Gasteiger partial charge in [0.1, 0.15) is 5.52 Å². The van der Waals surface area contributed by atoms with Crippen molar-refractivity contribution in [2.24, 2.45) is 0 Å². The van der Waals surface area contributed by atoms with Crippen molar-refractivity contribution in [1.82, 2.24) is 4.98 Å².